The molecule has 0 aliphatic heterocycles. The Morgan fingerprint density at radius 1 is 1.26 bits per heavy atom. The van der Waals surface area contributed by atoms with Crippen LogP contribution in [0, 0.1) is 0 Å². The standard InChI is InChI=1S/C12H17N5O4S2/c1-22-17-7-6-16(9-23(19,20)21)12(17)14-15-13-11-4-2-10(8-18)3-5-11/h2-7,13,15,18H,8-9H2,1H3,(H,19,20,21)/b14-12-. The minimum atomic E-state index is -4.17. The molecular formula is C12H17N5O4S2. The van der Waals surface area contributed by atoms with Gasteiger partial charge in [0, 0.05) is 18.6 Å². The van der Waals surface area contributed by atoms with E-state index < -0.39 is 16.0 Å². The minimum absolute atomic E-state index is 0.0328. The maximum absolute atomic E-state index is 11.0. The molecule has 0 saturated carbocycles. The summed E-state index contributed by atoms with van der Waals surface area (Å²) >= 11 is 1.32. The van der Waals surface area contributed by atoms with Gasteiger partial charge in [-0.05, 0) is 29.6 Å². The highest BCUT2D eigenvalue weighted by Crippen LogP contribution is 2.07. The third-order valence-corrected chi connectivity index (χ3v) is 4.11. The van der Waals surface area contributed by atoms with Gasteiger partial charge in [0.05, 0.1) is 12.3 Å². The molecule has 9 nitrogen and oxygen atoms in total. The van der Waals surface area contributed by atoms with Crippen LogP contribution in [0.4, 0.5) is 5.69 Å². The predicted octanol–water partition coefficient (Wildman–Crippen LogP) is 0.186. The Balaban J connectivity index is 2.16. The van der Waals surface area contributed by atoms with Crippen LogP contribution in [-0.2, 0) is 22.6 Å². The summed E-state index contributed by atoms with van der Waals surface area (Å²) < 4.78 is 33.9. The summed E-state index contributed by atoms with van der Waals surface area (Å²) in [4.78, 5) is 0. The topological polar surface area (TPSA) is 121 Å². The summed E-state index contributed by atoms with van der Waals surface area (Å²) in [5, 5.41) is 13.1. The second kappa shape index (κ2) is 7.55. The smallest absolute Gasteiger partial charge is 0.283 e. The van der Waals surface area contributed by atoms with Crippen LogP contribution >= 0.6 is 11.9 Å². The average molecular weight is 359 g/mol. The highest BCUT2D eigenvalue weighted by atomic mass is 32.2. The largest absolute Gasteiger partial charge is 0.392 e. The number of hydrogen-bond acceptors (Lipinski definition) is 7. The summed E-state index contributed by atoms with van der Waals surface area (Å²) in [5.41, 5.74) is 7.26. The third kappa shape index (κ3) is 5.03. The van der Waals surface area contributed by atoms with Crippen molar-refractivity contribution < 1.29 is 18.1 Å². The Morgan fingerprint density at radius 3 is 2.52 bits per heavy atom. The number of hydrogen-bond donors (Lipinski definition) is 4. The summed E-state index contributed by atoms with van der Waals surface area (Å²) in [7, 11) is -4.17. The summed E-state index contributed by atoms with van der Waals surface area (Å²) in [5.74, 6) is -0.591. The van der Waals surface area contributed by atoms with Crippen LogP contribution < -0.4 is 16.6 Å². The van der Waals surface area contributed by atoms with Gasteiger partial charge < -0.3 is 5.11 Å². The van der Waals surface area contributed by atoms with Crippen molar-refractivity contribution in [2.45, 2.75) is 12.5 Å². The van der Waals surface area contributed by atoms with Crippen molar-refractivity contribution in [1.29, 1.82) is 0 Å². The highest BCUT2D eigenvalue weighted by Gasteiger charge is 2.09. The van der Waals surface area contributed by atoms with Crippen molar-refractivity contribution in [3.05, 3.63) is 47.8 Å². The van der Waals surface area contributed by atoms with Gasteiger partial charge in [0.1, 0.15) is 0 Å². The van der Waals surface area contributed by atoms with Crippen LogP contribution in [0.25, 0.3) is 0 Å². The number of aliphatic hydroxyl groups is 1. The Labute approximate surface area is 137 Å². The zero-order valence-electron chi connectivity index (χ0n) is 12.2. The average Bonchev–Trinajstić information content (AvgIpc) is 2.88. The fourth-order valence-electron chi connectivity index (χ4n) is 1.77. The molecule has 0 aliphatic carbocycles. The Hall–Kier alpha value is -1.95. The zero-order valence-corrected chi connectivity index (χ0v) is 13.9. The molecule has 1 heterocycles. The molecule has 0 unspecified atom stereocenters. The summed E-state index contributed by atoms with van der Waals surface area (Å²) in [6, 6.07) is 7.03. The molecule has 0 atom stereocenters. The molecule has 1 aromatic heterocycles. The van der Waals surface area contributed by atoms with Gasteiger partial charge in [0.25, 0.3) is 10.1 Å². The number of rotatable bonds is 7. The lowest BCUT2D eigenvalue weighted by molar-refractivity contribution is 0.282. The molecule has 0 bridgehead atoms. The number of nitrogens with zero attached hydrogens (tertiary/aromatic N) is 3. The van der Waals surface area contributed by atoms with Crippen molar-refractivity contribution >= 4 is 27.8 Å². The lowest BCUT2D eigenvalue weighted by Gasteiger charge is -2.06. The molecule has 0 fully saturated rings. The second-order valence-corrected chi connectivity index (χ2v) is 6.67. The minimum Gasteiger partial charge on any atom is -0.392 e. The Kier molecular flexibility index (Phi) is 5.71. The number of nitrogens with one attached hydrogen (secondary N) is 2. The van der Waals surface area contributed by atoms with Crippen molar-refractivity contribution in [1.82, 2.24) is 14.1 Å². The van der Waals surface area contributed by atoms with Gasteiger partial charge in [0.2, 0.25) is 5.62 Å². The van der Waals surface area contributed by atoms with E-state index in [1.807, 2.05) is 0 Å². The quantitative estimate of drug-likeness (QED) is 0.411. The van der Waals surface area contributed by atoms with E-state index >= 15 is 0 Å². The van der Waals surface area contributed by atoms with Crippen LogP contribution in [-0.4, -0.2) is 32.9 Å². The van der Waals surface area contributed by atoms with Crippen molar-refractivity contribution in [3.63, 3.8) is 0 Å². The first-order valence-electron chi connectivity index (χ1n) is 6.45. The van der Waals surface area contributed by atoms with E-state index in [2.05, 4.69) is 16.1 Å². The van der Waals surface area contributed by atoms with Gasteiger partial charge in [-0.3, -0.25) is 18.5 Å². The molecule has 0 radical (unpaired) electrons. The normalized spacial score (nSPS) is 12.4. The van der Waals surface area contributed by atoms with Gasteiger partial charge in [-0.1, -0.05) is 12.1 Å². The molecule has 2 aromatic rings. The second-order valence-electron chi connectivity index (χ2n) is 4.49. The van der Waals surface area contributed by atoms with Gasteiger partial charge in [-0.25, -0.2) is 5.53 Å². The van der Waals surface area contributed by atoms with E-state index in [-0.39, 0.29) is 6.61 Å². The molecule has 4 N–H and O–H groups in total. The van der Waals surface area contributed by atoms with E-state index in [1.165, 1.54) is 22.7 Å². The molecule has 11 heteroatoms. The monoisotopic (exact) mass is 359 g/mol. The van der Waals surface area contributed by atoms with Crippen molar-refractivity contribution in [2.75, 3.05) is 11.7 Å². The van der Waals surface area contributed by atoms with Crippen molar-refractivity contribution in [2.24, 2.45) is 5.10 Å². The van der Waals surface area contributed by atoms with E-state index in [1.54, 1.807) is 40.7 Å². The molecular weight excluding hydrogens is 342 g/mol. The first-order valence-corrected chi connectivity index (χ1v) is 9.24. The first-order chi connectivity index (χ1) is 10.9. The highest BCUT2D eigenvalue weighted by molar-refractivity contribution is 7.97. The maximum atomic E-state index is 11.0. The number of aliphatic hydroxyl groups excluding tert-OH is 1. The fourth-order valence-corrected chi connectivity index (χ4v) is 2.81. The van der Waals surface area contributed by atoms with Crippen LogP contribution in [0.5, 0.6) is 0 Å². The summed E-state index contributed by atoms with van der Waals surface area (Å²) in [6.07, 6.45) is 4.94. The number of anilines is 1. The third-order valence-electron chi connectivity index (χ3n) is 2.83. The van der Waals surface area contributed by atoms with Gasteiger partial charge >= 0.3 is 0 Å². The van der Waals surface area contributed by atoms with Crippen LogP contribution in [0.3, 0.4) is 0 Å². The molecule has 0 saturated heterocycles. The van der Waals surface area contributed by atoms with E-state index in [9.17, 15) is 8.42 Å². The van der Waals surface area contributed by atoms with Gasteiger partial charge in [-0.15, -0.1) is 5.10 Å². The summed E-state index contributed by atoms with van der Waals surface area (Å²) in [6.45, 7) is -0.0328. The van der Waals surface area contributed by atoms with E-state index in [4.69, 9.17) is 9.66 Å². The maximum Gasteiger partial charge on any atom is 0.283 e. The van der Waals surface area contributed by atoms with Crippen LogP contribution in [0.1, 0.15) is 5.56 Å². The molecule has 1 aromatic carbocycles. The molecule has 0 amide bonds. The van der Waals surface area contributed by atoms with Crippen molar-refractivity contribution in [3.8, 4) is 0 Å². The van der Waals surface area contributed by atoms with Crippen LogP contribution in [0.15, 0.2) is 41.8 Å². The number of benzene rings is 1. The lowest BCUT2D eigenvalue weighted by atomic mass is 10.2. The first kappa shape index (κ1) is 17.4. The van der Waals surface area contributed by atoms with E-state index in [0.717, 1.165) is 11.3 Å². The predicted molar refractivity (Wildman–Crippen MR) is 87.6 cm³/mol. The Morgan fingerprint density at radius 2 is 1.96 bits per heavy atom. The van der Waals surface area contributed by atoms with Crippen LogP contribution in [0.2, 0.25) is 0 Å². The molecule has 0 aliphatic rings. The zero-order chi connectivity index (χ0) is 16.9. The number of hydrazine groups is 1. The fraction of sp³-hybridized carbons (Fsp3) is 0.250. The van der Waals surface area contributed by atoms with Gasteiger partial charge in [-0.2, -0.15) is 8.42 Å². The number of aromatic nitrogens is 2. The SMILES string of the molecule is CSn1ccn(CS(=O)(=O)O)/c1=N/NNc1ccc(CO)cc1. The van der Waals surface area contributed by atoms with E-state index in [0.29, 0.717) is 5.62 Å². The number of imidazole rings is 1. The molecule has 126 valence electrons. The van der Waals surface area contributed by atoms with Gasteiger partial charge in [0.15, 0.2) is 5.88 Å². The molecule has 0 spiro atoms. The Bertz CT molecular complexity index is 811. The molecule has 2 rings (SSSR count). The lowest BCUT2D eigenvalue weighted by Crippen LogP contribution is -2.30. The molecule has 23 heavy (non-hydrogen) atoms.